The molecular weight excluding hydrogens is 286 g/mol. The fourth-order valence-electron chi connectivity index (χ4n) is 1.08. The molecule has 0 radical (unpaired) electrons. The Morgan fingerprint density at radius 1 is 1.53 bits per heavy atom. The number of benzene rings is 1. The topological polar surface area (TPSA) is 26.3 Å². The van der Waals surface area contributed by atoms with Gasteiger partial charge in [0.15, 0.2) is 5.78 Å². The normalized spacial score (nSPS) is 10.1. The SMILES string of the molecule is O=C(CCBr)c1ccc(Cl)c(OCF)c1. The maximum atomic E-state index is 12.0. The number of ketones is 1. The van der Waals surface area contributed by atoms with Crippen LogP contribution in [0, 0.1) is 0 Å². The van der Waals surface area contributed by atoms with Gasteiger partial charge in [0, 0.05) is 17.3 Å². The minimum absolute atomic E-state index is 0.0350. The first-order valence-electron chi connectivity index (χ1n) is 4.26. The van der Waals surface area contributed by atoms with E-state index in [9.17, 15) is 9.18 Å². The lowest BCUT2D eigenvalue weighted by Crippen LogP contribution is -2.00. The fraction of sp³-hybridized carbons (Fsp3) is 0.300. The molecule has 0 bridgehead atoms. The highest BCUT2D eigenvalue weighted by Gasteiger charge is 2.09. The third-order valence-electron chi connectivity index (χ3n) is 1.78. The van der Waals surface area contributed by atoms with E-state index < -0.39 is 6.86 Å². The number of halogens is 3. The largest absolute Gasteiger partial charge is 0.461 e. The highest BCUT2D eigenvalue weighted by Crippen LogP contribution is 2.26. The van der Waals surface area contributed by atoms with Gasteiger partial charge in [0.25, 0.3) is 0 Å². The van der Waals surface area contributed by atoms with Gasteiger partial charge in [-0.1, -0.05) is 27.5 Å². The first-order valence-corrected chi connectivity index (χ1v) is 5.76. The molecule has 0 N–H and O–H groups in total. The fourth-order valence-corrected chi connectivity index (χ4v) is 1.61. The average Bonchev–Trinajstić information content (AvgIpc) is 2.22. The Bertz CT molecular complexity index is 357. The van der Waals surface area contributed by atoms with Crippen molar-refractivity contribution in [2.45, 2.75) is 6.42 Å². The molecule has 0 amide bonds. The molecule has 2 nitrogen and oxygen atoms in total. The zero-order valence-corrected chi connectivity index (χ0v) is 10.1. The molecule has 0 aliphatic heterocycles. The summed E-state index contributed by atoms with van der Waals surface area (Å²) in [5.41, 5.74) is 0.474. The van der Waals surface area contributed by atoms with Gasteiger partial charge >= 0.3 is 0 Å². The van der Waals surface area contributed by atoms with Crippen molar-refractivity contribution in [3.8, 4) is 5.75 Å². The lowest BCUT2D eigenvalue weighted by molar-refractivity contribution is 0.0989. The van der Waals surface area contributed by atoms with Crippen LogP contribution in [0.25, 0.3) is 0 Å². The first-order chi connectivity index (χ1) is 7.19. The minimum atomic E-state index is -0.962. The van der Waals surface area contributed by atoms with Crippen LogP contribution in [-0.2, 0) is 0 Å². The summed E-state index contributed by atoms with van der Waals surface area (Å²) >= 11 is 8.92. The van der Waals surface area contributed by atoms with Crippen molar-refractivity contribution < 1.29 is 13.9 Å². The van der Waals surface area contributed by atoms with Gasteiger partial charge in [-0.3, -0.25) is 4.79 Å². The van der Waals surface area contributed by atoms with Gasteiger partial charge in [0.05, 0.1) is 5.02 Å². The zero-order valence-electron chi connectivity index (χ0n) is 7.80. The van der Waals surface area contributed by atoms with E-state index in [0.29, 0.717) is 22.3 Å². The molecule has 0 saturated heterocycles. The number of alkyl halides is 2. The van der Waals surface area contributed by atoms with Crippen LogP contribution >= 0.6 is 27.5 Å². The Morgan fingerprint density at radius 3 is 2.87 bits per heavy atom. The number of carbonyl (C=O) groups excluding carboxylic acids is 1. The second-order valence-electron chi connectivity index (χ2n) is 2.76. The van der Waals surface area contributed by atoms with Gasteiger partial charge in [0.2, 0.25) is 6.86 Å². The van der Waals surface area contributed by atoms with Gasteiger partial charge < -0.3 is 4.74 Å². The van der Waals surface area contributed by atoms with Crippen LogP contribution in [0.2, 0.25) is 5.02 Å². The molecule has 0 unspecified atom stereocenters. The summed E-state index contributed by atoms with van der Waals surface area (Å²) in [7, 11) is 0. The number of carbonyl (C=O) groups is 1. The van der Waals surface area contributed by atoms with E-state index in [2.05, 4.69) is 20.7 Å². The van der Waals surface area contributed by atoms with Crippen LogP contribution in [0.1, 0.15) is 16.8 Å². The summed E-state index contributed by atoms with van der Waals surface area (Å²) in [5, 5.41) is 0.886. The molecule has 1 rings (SSSR count). The summed E-state index contributed by atoms with van der Waals surface area (Å²) in [6.45, 7) is -0.962. The van der Waals surface area contributed by atoms with Gasteiger partial charge in [-0.05, 0) is 18.2 Å². The number of hydrogen-bond acceptors (Lipinski definition) is 2. The zero-order chi connectivity index (χ0) is 11.3. The average molecular weight is 296 g/mol. The summed E-state index contributed by atoms with van der Waals surface area (Å²) in [6.07, 6.45) is 0.386. The molecule has 0 spiro atoms. The monoisotopic (exact) mass is 294 g/mol. The van der Waals surface area contributed by atoms with E-state index >= 15 is 0 Å². The maximum absolute atomic E-state index is 12.0. The van der Waals surface area contributed by atoms with Gasteiger partial charge in [-0.15, -0.1) is 0 Å². The number of hydrogen-bond donors (Lipinski definition) is 0. The van der Waals surface area contributed by atoms with E-state index in [4.69, 9.17) is 11.6 Å². The number of ether oxygens (including phenoxy) is 1. The Labute approximate surface area is 101 Å². The summed E-state index contributed by atoms with van der Waals surface area (Å²) in [4.78, 5) is 11.5. The van der Waals surface area contributed by atoms with Gasteiger partial charge in [0.1, 0.15) is 5.75 Å². The predicted octanol–water partition coefficient (Wildman–Crippen LogP) is 3.61. The van der Waals surface area contributed by atoms with E-state index in [1.807, 2.05) is 0 Å². The lowest BCUT2D eigenvalue weighted by atomic mass is 10.1. The highest BCUT2D eigenvalue weighted by atomic mass is 79.9. The summed E-state index contributed by atoms with van der Waals surface area (Å²) in [6, 6.07) is 4.57. The summed E-state index contributed by atoms with van der Waals surface area (Å²) in [5.74, 6) is 0.159. The lowest BCUT2D eigenvalue weighted by Gasteiger charge is -2.05. The highest BCUT2D eigenvalue weighted by molar-refractivity contribution is 9.09. The third-order valence-corrected chi connectivity index (χ3v) is 2.49. The maximum Gasteiger partial charge on any atom is 0.228 e. The quantitative estimate of drug-likeness (QED) is 0.613. The molecule has 15 heavy (non-hydrogen) atoms. The van der Waals surface area contributed by atoms with Crippen LogP contribution in [0.3, 0.4) is 0 Å². The van der Waals surface area contributed by atoms with E-state index in [1.165, 1.54) is 12.1 Å². The Hall–Kier alpha value is -0.610. The van der Waals surface area contributed by atoms with Crippen molar-refractivity contribution in [1.29, 1.82) is 0 Å². The van der Waals surface area contributed by atoms with Gasteiger partial charge in [-0.2, -0.15) is 0 Å². The Kier molecular flexibility index (Phi) is 5.05. The molecule has 0 aliphatic carbocycles. The predicted molar refractivity (Wildman–Crippen MR) is 60.8 cm³/mol. The molecule has 0 fully saturated rings. The molecular formula is C10H9BrClFO2. The molecule has 1 aromatic carbocycles. The van der Waals surface area contributed by atoms with Crippen LogP contribution < -0.4 is 4.74 Å². The Morgan fingerprint density at radius 2 is 2.27 bits per heavy atom. The smallest absolute Gasteiger partial charge is 0.228 e. The number of Topliss-reactive ketones (excluding diaryl/α,β-unsaturated/α-hetero) is 1. The van der Waals surface area contributed by atoms with Crippen LogP contribution in [0.4, 0.5) is 4.39 Å². The van der Waals surface area contributed by atoms with Crippen molar-refractivity contribution in [1.82, 2.24) is 0 Å². The molecule has 0 heterocycles. The van der Waals surface area contributed by atoms with Gasteiger partial charge in [-0.25, -0.2) is 4.39 Å². The molecule has 0 saturated carbocycles. The number of rotatable bonds is 5. The summed E-state index contributed by atoms with van der Waals surface area (Å²) < 4.78 is 16.6. The van der Waals surface area contributed by atoms with Crippen LogP contribution in [-0.4, -0.2) is 18.0 Å². The van der Waals surface area contributed by atoms with Crippen molar-refractivity contribution in [3.63, 3.8) is 0 Å². The second kappa shape index (κ2) is 6.08. The molecule has 0 aromatic heterocycles. The van der Waals surface area contributed by atoms with Crippen LogP contribution in [0.5, 0.6) is 5.75 Å². The van der Waals surface area contributed by atoms with Crippen molar-refractivity contribution in [2.24, 2.45) is 0 Å². The van der Waals surface area contributed by atoms with Crippen molar-refractivity contribution >= 4 is 33.3 Å². The molecule has 5 heteroatoms. The molecule has 0 aliphatic rings. The van der Waals surface area contributed by atoms with E-state index in [1.54, 1.807) is 6.07 Å². The second-order valence-corrected chi connectivity index (χ2v) is 3.96. The third kappa shape index (κ3) is 3.47. The van der Waals surface area contributed by atoms with Crippen molar-refractivity contribution in [2.75, 3.05) is 12.2 Å². The molecule has 0 atom stereocenters. The van der Waals surface area contributed by atoms with E-state index in [-0.39, 0.29) is 11.5 Å². The molecule has 82 valence electrons. The van der Waals surface area contributed by atoms with E-state index in [0.717, 1.165) is 0 Å². The standard InChI is InChI=1S/C10H9BrClFO2/c11-4-3-9(14)7-1-2-8(12)10(5-7)15-6-13/h1-2,5H,3-4,6H2. The first kappa shape index (κ1) is 12.5. The molecule has 1 aromatic rings. The minimum Gasteiger partial charge on any atom is -0.461 e. The van der Waals surface area contributed by atoms with Crippen molar-refractivity contribution in [3.05, 3.63) is 28.8 Å². The Balaban J connectivity index is 2.91. The van der Waals surface area contributed by atoms with Crippen LogP contribution in [0.15, 0.2) is 18.2 Å².